The fraction of sp³-hybridized carbons (Fsp3) is 0.0588. The highest BCUT2D eigenvalue weighted by molar-refractivity contribution is 6.02. The molecule has 127 heavy (non-hydrogen) atoms. The Bertz CT molecular complexity index is 7700. The van der Waals surface area contributed by atoms with E-state index in [1.54, 1.807) is 35.5 Å². The van der Waals surface area contributed by atoms with Crippen molar-refractivity contribution in [3.8, 4) is 63.0 Å². The van der Waals surface area contributed by atoms with Gasteiger partial charge in [-0.15, -0.1) is 35.7 Å². The molecule has 25 nitrogen and oxygen atoms in total. The van der Waals surface area contributed by atoms with E-state index in [9.17, 15) is 0 Å². The smallest absolute Gasteiger partial charge is 0.241 e. The Morgan fingerprint density at radius 1 is 0.244 bits per heavy atom. The first-order valence-electron chi connectivity index (χ1n) is 40.8. The standard InChI is InChI=1S/C29H23N5O.C27H19N5.2C23H19N5O2/c1-35-23-11-7-10-22(18-23)34-19-30-27-17-21(14-15-28(27)34)31-29-25-13-6-5-12-24(25)26(32-33-29)16-20-8-3-2-4-9-20;1-3-9-19(10-4-1)26-22-13-7-8-14-23(22)27(31-30-26)29-20-15-16-25-24(17-20)28-18-32(25)21-11-5-2-6-12-21;1-29-17-7-5-6-16(13-17)28-14-24-20-12-15(10-11-21(20)28)25-22-18-8-3-4-9-19(18)23(30-2)27-26-22;1-29-17-10-8-16(9-11-17)28-14-24-20-13-15(7-12-21(20)28)25-22-18-5-3-4-6-19(18)23(30-2)27-26-22/h2-15,17-19H,16H2,1H3,(H,31,33);1-18H,(H,29,31);2*3-14H,1-2H3,(H,25,26). The van der Waals surface area contributed by atoms with Crippen LogP contribution < -0.4 is 45.0 Å². The third-order valence-electron chi connectivity index (χ3n) is 21.7. The summed E-state index contributed by atoms with van der Waals surface area (Å²) in [6.07, 6.45) is 8.05. The molecular formula is C102H80N20O5. The van der Waals surface area contributed by atoms with Gasteiger partial charge in [-0.25, -0.2) is 19.9 Å². The summed E-state index contributed by atoms with van der Waals surface area (Å²) in [5.74, 6) is 6.22. The lowest BCUT2D eigenvalue weighted by Gasteiger charge is -2.12. The normalized spacial score (nSPS) is 11.1. The SMILES string of the molecule is COc1ccc(-n2cnc3cc(Nc4nnc(OC)c5ccccc45)ccc32)cc1.COc1cccc(-n2cnc3cc(Nc4nnc(Cc5ccccc5)c5ccccc45)ccc32)c1.COc1cccc(-n2cnc3cc(Nc4nnc(OC)c5ccccc45)ccc32)c1.c1ccc(-c2nnc(Nc3ccc4c(c3)ncn4-c3ccccc3)c3ccccc23)cc1. The Labute approximate surface area is 728 Å². The zero-order chi connectivity index (χ0) is 85.9. The highest BCUT2D eigenvalue weighted by Gasteiger charge is 2.19. The zero-order valence-corrected chi connectivity index (χ0v) is 69.5. The minimum Gasteiger partial charge on any atom is -0.497 e. The number of aromatic nitrogens is 16. The summed E-state index contributed by atoms with van der Waals surface area (Å²) in [5.41, 5.74) is 19.4. The van der Waals surface area contributed by atoms with Crippen LogP contribution in [-0.2, 0) is 6.42 Å². The number of anilines is 8. The van der Waals surface area contributed by atoms with Crippen LogP contribution in [0.15, 0.2) is 359 Å². The molecule has 0 aliphatic heterocycles. The van der Waals surface area contributed by atoms with Gasteiger partial charge in [0.1, 0.15) is 48.3 Å². The molecule has 0 saturated carbocycles. The van der Waals surface area contributed by atoms with Crippen LogP contribution in [0.2, 0.25) is 0 Å². The minimum absolute atomic E-state index is 0.503. The maximum Gasteiger partial charge on any atom is 0.241 e. The molecule has 22 aromatic rings. The van der Waals surface area contributed by atoms with E-state index in [2.05, 4.69) is 164 Å². The van der Waals surface area contributed by atoms with Crippen LogP contribution in [0.5, 0.6) is 29.0 Å². The maximum atomic E-state index is 5.37. The van der Waals surface area contributed by atoms with Crippen molar-refractivity contribution in [2.75, 3.05) is 56.8 Å². The lowest BCUT2D eigenvalue weighted by Crippen LogP contribution is -2.02. The predicted octanol–water partition coefficient (Wildman–Crippen LogP) is 22.2. The average molecular weight is 1670 g/mol. The fourth-order valence-corrected chi connectivity index (χ4v) is 15.4. The first kappa shape index (κ1) is 79.3. The Morgan fingerprint density at radius 3 is 0.992 bits per heavy atom. The molecule has 4 N–H and O–H groups in total. The lowest BCUT2D eigenvalue weighted by atomic mass is 10.0. The van der Waals surface area contributed by atoms with E-state index in [0.29, 0.717) is 23.4 Å². The van der Waals surface area contributed by atoms with Gasteiger partial charge in [0.25, 0.3) is 0 Å². The van der Waals surface area contributed by atoms with Crippen molar-refractivity contribution in [2.24, 2.45) is 0 Å². The van der Waals surface area contributed by atoms with Crippen molar-refractivity contribution in [3.05, 3.63) is 370 Å². The van der Waals surface area contributed by atoms with Crippen molar-refractivity contribution in [2.45, 2.75) is 6.42 Å². The maximum absolute atomic E-state index is 5.37. The third-order valence-corrected chi connectivity index (χ3v) is 21.7. The van der Waals surface area contributed by atoms with Crippen LogP contribution >= 0.6 is 0 Å². The van der Waals surface area contributed by atoms with E-state index >= 15 is 0 Å². The second-order valence-electron chi connectivity index (χ2n) is 29.4. The van der Waals surface area contributed by atoms with Gasteiger partial charge in [0.2, 0.25) is 11.8 Å². The quantitative estimate of drug-likeness (QED) is 0.0552. The van der Waals surface area contributed by atoms with Crippen molar-refractivity contribution in [1.82, 2.24) is 79.0 Å². The molecule has 0 unspecified atom stereocenters. The molecule has 618 valence electrons. The number of imidazole rings is 4. The van der Waals surface area contributed by atoms with Gasteiger partial charge < -0.3 is 45.0 Å². The summed E-state index contributed by atoms with van der Waals surface area (Å²) >= 11 is 0. The van der Waals surface area contributed by atoms with Crippen LogP contribution in [-0.4, -0.2) is 115 Å². The van der Waals surface area contributed by atoms with E-state index < -0.39 is 0 Å². The highest BCUT2D eigenvalue weighted by Crippen LogP contribution is 2.38. The Hall–Kier alpha value is -17.5. The van der Waals surface area contributed by atoms with Gasteiger partial charge >= 0.3 is 0 Å². The van der Waals surface area contributed by atoms with E-state index in [-0.39, 0.29) is 0 Å². The second-order valence-corrected chi connectivity index (χ2v) is 29.4. The van der Waals surface area contributed by atoms with Gasteiger partial charge in [-0.05, 0) is 151 Å². The lowest BCUT2D eigenvalue weighted by molar-refractivity contribution is 0.398. The Morgan fingerprint density at radius 2 is 0.575 bits per heavy atom. The molecular weight excluding hydrogens is 1590 g/mol. The van der Waals surface area contributed by atoms with Crippen molar-refractivity contribution < 1.29 is 23.7 Å². The number of hydrogen-bond donors (Lipinski definition) is 4. The van der Waals surface area contributed by atoms with Gasteiger partial charge in [-0.2, -0.15) is 5.10 Å². The summed E-state index contributed by atoms with van der Waals surface area (Å²) in [6.45, 7) is 0. The molecule has 0 amide bonds. The molecule has 0 fully saturated rings. The molecule has 0 spiro atoms. The predicted molar refractivity (Wildman–Crippen MR) is 503 cm³/mol. The molecule has 0 aliphatic carbocycles. The molecule has 8 heterocycles. The number of benzene rings is 14. The number of methoxy groups -OCH3 is 5. The van der Waals surface area contributed by atoms with E-state index in [1.807, 2.05) is 295 Å². The number of nitrogens with zero attached hydrogens (tertiary/aromatic N) is 16. The zero-order valence-electron chi connectivity index (χ0n) is 69.5. The summed E-state index contributed by atoms with van der Waals surface area (Å²) in [5, 5.41) is 56.7. The van der Waals surface area contributed by atoms with E-state index in [4.69, 9.17) is 23.7 Å². The van der Waals surface area contributed by atoms with Gasteiger partial charge in [0.15, 0.2) is 23.3 Å². The van der Waals surface area contributed by atoms with Crippen molar-refractivity contribution in [1.29, 1.82) is 0 Å². The summed E-state index contributed by atoms with van der Waals surface area (Å²) in [7, 11) is 8.18. The minimum atomic E-state index is 0.503. The largest absolute Gasteiger partial charge is 0.497 e. The number of ether oxygens (including phenoxy) is 5. The Kier molecular flexibility index (Phi) is 22.5. The van der Waals surface area contributed by atoms with E-state index in [1.165, 1.54) is 5.56 Å². The first-order chi connectivity index (χ1) is 62.7. The van der Waals surface area contributed by atoms with Crippen LogP contribution in [0.3, 0.4) is 0 Å². The van der Waals surface area contributed by atoms with Gasteiger partial charge in [-0.1, -0.05) is 176 Å². The number of hydrogen-bond acceptors (Lipinski definition) is 21. The molecule has 0 aliphatic rings. The molecule has 0 bridgehead atoms. The third kappa shape index (κ3) is 16.8. The average Bonchev–Trinajstić information content (AvgIpc) is 1.52. The Balaban J connectivity index is 0.000000111. The summed E-state index contributed by atoms with van der Waals surface area (Å²) in [6, 6.07) is 111. The number of fused-ring (bicyclic) bond motifs is 8. The number of nitrogens with one attached hydrogen (secondary N) is 4. The molecule has 0 saturated heterocycles. The van der Waals surface area contributed by atoms with Crippen LogP contribution in [0, 0.1) is 0 Å². The molecule has 22 rings (SSSR count). The molecule has 0 atom stereocenters. The van der Waals surface area contributed by atoms with Crippen molar-refractivity contribution in [3.63, 3.8) is 0 Å². The van der Waals surface area contributed by atoms with Crippen molar-refractivity contribution >= 4 is 133 Å². The molecule has 25 heteroatoms. The summed E-state index contributed by atoms with van der Waals surface area (Å²) in [4.78, 5) is 18.4. The van der Waals surface area contributed by atoms with Gasteiger partial charge in [0, 0.05) is 101 Å². The first-order valence-corrected chi connectivity index (χ1v) is 40.8. The van der Waals surface area contributed by atoms with Crippen LogP contribution in [0.25, 0.3) is 121 Å². The topological polar surface area (TPSA) is 269 Å². The molecule has 14 aromatic carbocycles. The molecule has 0 radical (unpaired) electrons. The monoisotopic (exact) mass is 1660 g/mol. The van der Waals surface area contributed by atoms with Gasteiger partial charge in [0.05, 0.1) is 96.8 Å². The van der Waals surface area contributed by atoms with E-state index in [0.717, 1.165) is 185 Å². The number of para-hydroxylation sites is 1. The summed E-state index contributed by atoms with van der Waals surface area (Å²) < 4.78 is 34.8. The highest BCUT2D eigenvalue weighted by atomic mass is 16.5. The van der Waals surface area contributed by atoms with Crippen LogP contribution in [0.1, 0.15) is 11.3 Å². The molecule has 8 aromatic heterocycles. The number of rotatable bonds is 20. The second kappa shape index (κ2) is 36.1. The van der Waals surface area contributed by atoms with Gasteiger partial charge in [-0.3, -0.25) is 18.3 Å². The van der Waals surface area contributed by atoms with Crippen LogP contribution in [0.4, 0.5) is 46.0 Å². The fourth-order valence-electron chi connectivity index (χ4n) is 15.4.